The predicted octanol–water partition coefficient (Wildman–Crippen LogP) is 3.34. The van der Waals surface area contributed by atoms with Gasteiger partial charge in [-0.2, -0.15) is 0 Å². The van der Waals surface area contributed by atoms with E-state index in [4.69, 9.17) is 4.74 Å². The largest absolute Gasteiger partial charge is 0.468 e. The fourth-order valence-corrected chi connectivity index (χ4v) is 7.37. The number of esters is 1. The van der Waals surface area contributed by atoms with Crippen LogP contribution in [0.5, 0.6) is 0 Å². The molecule has 4 aliphatic rings. The summed E-state index contributed by atoms with van der Waals surface area (Å²) in [6.45, 7) is 0. The van der Waals surface area contributed by atoms with Crippen LogP contribution < -0.4 is 0 Å². The third-order valence-corrected chi connectivity index (χ3v) is 7.88. The first-order chi connectivity index (χ1) is 11.6. The summed E-state index contributed by atoms with van der Waals surface area (Å²) in [4.78, 5) is 16.6. The van der Waals surface area contributed by atoms with E-state index in [1.165, 1.54) is 45.6 Å². The van der Waals surface area contributed by atoms with Crippen molar-refractivity contribution in [2.45, 2.75) is 55.2 Å². The van der Waals surface area contributed by atoms with Crippen molar-refractivity contribution < 1.29 is 13.7 Å². The van der Waals surface area contributed by atoms with Crippen molar-refractivity contribution in [3.63, 3.8) is 0 Å². The average molecular weight is 347 g/mol. The number of pyridine rings is 1. The first-order valence-corrected chi connectivity index (χ1v) is 10.2. The normalized spacial score (nSPS) is 36.3. The number of rotatable bonds is 5. The summed E-state index contributed by atoms with van der Waals surface area (Å²) in [6, 6.07) is 5.36. The van der Waals surface area contributed by atoms with E-state index in [2.05, 4.69) is 4.98 Å². The van der Waals surface area contributed by atoms with Crippen molar-refractivity contribution in [1.82, 2.24) is 4.98 Å². The molecule has 2 unspecified atom stereocenters. The van der Waals surface area contributed by atoms with Gasteiger partial charge in [-0.3, -0.25) is 9.00 Å². The van der Waals surface area contributed by atoms with E-state index in [0.717, 1.165) is 17.8 Å². The van der Waals surface area contributed by atoms with Gasteiger partial charge >= 0.3 is 5.97 Å². The van der Waals surface area contributed by atoms with Gasteiger partial charge < -0.3 is 4.74 Å². The van der Waals surface area contributed by atoms with E-state index in [-0.39, 0.29) is 11.4 Å². The third-order valence-electron chi connectivity index (χ3n) is 6.35. The first-order valence-electron chi connectivity index (χ1n) is 8.98. The number of ether oxygens (including phenoxy) is 1. The highest BCUT2D eigenvalue weighted by atomic mass is 32.2. The van der Waals surface area contributed by atoms with E-state index in [1.54, 1.807) is 18.3 Å². The topological polar surface area (TPSA) is 56.3 Å². The highest BCUT2D eigenvalue weighted by Gasteiger charge is 2.52. The van der Waals surface area contributed by atoms with Gasteiger partial charge in [-0.25, -0.2) is 4.98 Å². The molecule has 130 valence electrons. The Morgan fingerprint density at radius 2 is 1.88 bits per heavy atom. The van der Waals surface area contributed by atoms with Gasteiger partial charge in [-0.1, -0.05) is 6.07 Å². The van der Waals surface area contributed by atoms with Crippen molar-refractivity contribution in [2.75, 3.05) is 7.11 Å². The summed E-state index contributed by atoms with van der Waals surface area (Å²) in [5.74, 6) is 2.10. The Morgan fingerprint density at radius 3 is 2.38 bits per heavy atom. The molecule has 2 atom stereocenters. The van der Waals surface area contributed by atoms with Gasteiger partial charge in [-0.05, 0) is 80.2 Å². The monoisotopic (exact) mass is 347 g/mol. The van der Waals surface area contributed by atoms with E-state index < -0.39 is 16.0 Å². The Morgan fingerprint density at radius 1 is 1.25 bits per heavy atom. The third kappa shape index (κ3) is 2.92. The summed E-state index contributed by atoms with van der Waals surface area (Å²) in [5.41, 5.74) is 0.193. The molecule has 0 N–H and O–H groups in total. The highest BCUT2D eigenvalue weighted by Crippen LogP contribution is 2.61. The minimum absolute atomic E-state index is 0.193. The molecule has 0 spiro atoms. The fourth-order valence-electron chi connectivity index (χ4n) is 5.92. The Balaban J connectivity index is 1.59. The molecule has 5 heteroatoms. The predicted molar refractivity (Wildman–Crippen MR) is 91.7 cm³/mol. The second kappa shape index (κ2) is 6.25. The van der Waals surface area contributed by atoms with Crippen LogP contribution in [-0.2, 0) is 20.3 Å². The molecule has 0 aromatic carbocycles. The molecule has 4 bridgehead atoms. The van der Waals surface area contributed by atoms with Gasteiger partial charge in [-0.15, -0.1) is 0 Å². The summed E-state index contributed by atoms with van der Waals surface area (Å²) >= 11 is 0. The molecule has 4 nitrogen and oxygen atoms in total. The van der Waals surface area contributed by atoms with Crippen molar-refractivity contribution >= 4 is 16.8 Å². The van der Waals surface area contributed by atoms with E-state index in [9.17, 15) is 9.00 Å². The number of hydrogen-bond acceptors (Lipinski definition) is 4. The molecule has 0 amide bonds. The molecule has 4 fully saturated rings. The maximum Gasteiger partial charge on any atom is 0.321 e. The zero-order chi connectivity index (χ0) is 16.7. The molecule has 1 aromatic rings. The van der Waals surface area contributed by atoms with Crippen LogP contribution in [0.25, 0.3) is 0 Å². The van der Waals surface area contributed by atoms with E-state index in [0.29, 0.717) is 11.4 Å². The molecule has 0 radical (unpaired) electrons. The zero-order valence-corrected chi connectivity index (χ0v) is 15.0. The SMILES string of the molecule is COC(=O)C(CC12CC3CC(CC(C3)C1)C2)S(=O)c1ccccn1. The minimum atomic E-state index is -1.45. The van der Waals surface area contributed by atoms with Crippen LogP contribution in [0.4, 0.5) is 0 Å². The summed E-state index contributed by atoms with van der Waals surface area (Å²) in [5, 5.41) is -0.112. The molecule has 24 heavy (non-hydrogen) atoms. The van der Waals surface area contributed by atoms with Crippen LogP contribution in [0.2, 0.25) is 0 Å². The molecule has 4 aliphatic carbocycles. The van der Waals surface area contributed by atoms with Gasteiger partial charge in [0.15, 0.2) is 0 Å². The van der Waals surface area contributed by atoms with Crippen LogP contribution in [-0.4, -0.2) is 27.5 Å². The Bertz CT molecular complexity index is 610. The number of carbonyl (C=O) groups is 1. The van der Waals surface area contributed by atoms with Gasteiger partial charge in [0, 0.05) is 6.20 Å². The molecular formula is C19H25NO3S. The van der Waals surface area contributed by atoms with Crippen molar-refractivity contribution in [1.29, 1.82) is 0 Å². The molecule has 4 saturated carbocycles. The molecule has 5 rings (SSSR count). The van der Waals surface area contributed by atoms with Crippen molar-refractivity contribution in [2.24, 2.45) is 23.2 Å². The molecule has 0 aliphatic heterocycles. The van der Waals surface area contributed by atoms with E-state index >= 15 is 0 Å². The average Bonchev–Trinajstić information content (AvgIpc) is 2.58. The van der Waals surface area contributed by atoms with E-state index in [1.807, 2.05) is 6.07 Å². The molecule has 0 saturated heterocycles. The molecule has 1 heterocycles. The lowest BCUT2D eigenvalue weighted by atomic mass is 9.48. The number of aromatic nitrogens is 1. The maximum absolute atomic E-state index is 13.0. The van der Waals surface area contributed by atoms with Crippen LogP contribution in [0.3, 0.4) is 0 Å². The first kappa shape index (κ1) is 16.2. The van der Waals surface area contributed by atoms with Gasteiger partial charge in [0.1, 0.15) is 10.3 Å². The molecular weight excluding hydrogens is 322 g/mol. The quantitative estimate of drug-likeness (QED) is 0.767. The van der Waals surface area contributed by atoms with Crippen molar-refractivity contribution in [3.8, 4) is 0 Å². The number of carbonyl (C=O) groups excluding carboxylic acids is 1. The minimum Gasteiger partial charge on any atom is -0.468 e. The summed E-state index contributed by atoms with van der Waals surface area (Å²) < 4.78 is 18.0. The fraction of sp³-hybridized carbons (Fsp3) is 0.684. The van der Waals surface area contributed by atoms with Gasteiger partial charge in [0.05, 0.1) is 17.9 Å². The van der Waals surface area contributed by atoms with Gasteiger partial charge in [0.2, 0.25) is 0 Å². The highest BCUT2D eigenvalue weighted by molar-refractivity contribution is 7.86. The van der Waals surface area contributed by atoms with Crippen molar-refractivity contribution in [3.05, 3.63) is 24.4 Å². The second-order valence-corrected chi connectivity index (χ2v) is 9.68. The number of hydrogen-bond donors (Lipinski definition) is 0. The lowest BCUT2D eigenvalue weighted by molar-refractivity contribution is -0.142. The van der Waals surface area contributed by atoms with Crippen LogP contribution >= 0.6 is 0 Å². The lowest BCUT2D eigenvalue weighted by Gasteiger charge is -2.57. The Hall–Kier alpha value is -1.23. The summed E-state index contributed by atoms with van der Waals surface area (Å²) in [6.07, 6.45) is 10.0. The summed E-state index contributed by atoms with van der Waals surface area (Å²) in [7, 11) is -0.0561. The number of methoxy groups -OCH3 is 1. The zero-order valence-electron chi connectivity index (χ0n) is 14.1. The molecule has 1 aromatic heterocycles. The number of nitrogens with zero attached hydrogens (tertiary/aromatic N) is 1. The van der Waals surface area contributed by atoms with Gasteiger partial charge in [0.25, 0.3) is 0 Å². The van der Waals surface area contributed by atoms with Crippen LogP contribution in [0.15, 0.2) is 29.4 Å². The Labute approximate surface area is 145 Å². The standard InChI is InChI=1S/C19H25NO3S/c1-23-18(21)16(24(22)17-4-2-3-5-20-17)12-19-9-13-6-14(10-19)8-15(7-13)11-19/h2-5,13-16H,6-12H2,1H3. The second-order valence-electron chi connectivity index (χ2n) is 8.10. The lowest BCUT2D eigenvalue weighted by Crippen LogP contribution is -2.48. The van der Waals surface area contributed by atoms with Crippen LogP contribution in [0, 0.1) is 23.2 Å². The maximum atomic E-state index is 13.0. The smallest absolute Gasteiger partial charge is 0.321 e. The van der Waals surface area contributed by atoms with Crippen LogP contribution in [0.1, 0.15) is 44.9 Å². The Kier molecular flexibility index (Phi) is 4.23.